The second-order valence-corrected chi connectivity index (χ2v) is 5.47. The zero-order valence-electron chi connectivity index (χ0n) is 13.4. The second-order valence-electron chi connectivity index (χ2n) is 5.47. The summed E-state index contributed by atoms with van der Waals surface area (Å²) in [5, 5.41) is 0. The van der Waals surface area contributed by atoms with Crippen LogP contribution < -0.4 is 9.47 Å². The van der Waals surface area contributed by atoms with Crippen LogP contribution in [0, 0.1) is 0 Å². The summed E-state index contributed by atoms with van der Waals surface area (Å²) in [7, 11) is 0. The number of para-hydroxylation sites is 2. The molecule has 0 heterocycles. The lowest BCUT2D eigenvalue weighted by molar-refractivity contribution is -0.0656. The lowest BCUT2D eigenvalue weighted by Crippen LogP contribution is -2.47. The first kappa shape index (κ1) is 15.8. The van der Waals surface area contributed by atoms with E-state index in [1.54, 1.807) is 43.3 Å². The van der Waals surface area contributed by atoms with E-state index in [1.165, 1.54) is 0 Å². The molecule has 0 N–H and O–H groups in total. The van der Waals surface area contributed by atoms with Crippen molar-refractivity contribution in [3.05, 3.63) is 96.6 Å². The van der Waals surface area contributed by atoms with Crippen LogP contribution in [0.5, 0.6) is 11.5 Å². The van der Waals surface area contributed by atoms with Gasteiger partial charge in [-0.25, -0.2) is 0 Å². The van der Waals surface area contributed by atoms with E-state index < -0.39 is 5.79 Å². The van der Waals surface area contributed by atoms with E-state index in [-0.39, 0.29) is 5.78 Å². The van der Waals surface area contributed by atoms with Gasteiger partial charge in [0, 0.05) is 12.5 Å². The summed E-state index contributed by atoms with van der Waals surface area (Å²) in [6.45, 7) is 1.64. The van der Waals surface area contributed by atoms with Gasteiger partial charge in [0.15, 0.2) is 0 Å². The molecule has 0 aliphatic heterocycles. The molecular weight excluding hydrogens is 300 g/mol. The molecule has 0 aromatic heterocycles. The fourth-order valence-electron chi connectivity index (χ4n) is 2.39. The quantitative estimate of drug-likeness (QED) is 0.486. The topological polar surface area (TPSA) is 35.5 Å². The Hall–Kier alpha value is -3.07. The highest BCUT2D eigenvalue weighted by Crippen LogP contribution is 2.26. The van der Waals surface area contributed by atoms with E-state index in [2.05, 4.69) is 0 Å². The van der Waals surface area contributed by atoms with Crippen LogP contribution in [-0.4, -0.2) is 11.6 Å². The Balaban J connectivity index is 1.95. The lowest BCUT2D eigenvalue weighted by Gasteiger charge is -2.30. The van der Waals surface area contributed by atoms with Gasteiger partial charge in [-0.3, -0.25) is 4.79 Å². The molecule has 24 heavy (non-hydrogen) atoms. The number of ether oxygens (including phenoxy) is 2. The summed E-state index contributed by atoms with van der Waals surface area (Å²) in [6, 6.07) is 27.4. The van der Waals surface area contributed by atoms with Crippen LogP contribution in [0.15, 0.2) is 91.0 Å². The minimum absolute atomic E-state index is 0.240. The molecule has 0 radical (unpaired) electrons. The molecule has 0 aliphatic carbocycles. The normalized spacial score (nSPS) is 10.9. The van der Waals surface area contributed by atoms with E-state index in [1.807, 2.05) is 54.6 Å². The maximum atomic E-state index is 13.0. The van der Waals surface area contributed by atoms with Crippen LogP contribution in [0.2, 0.25) is 0 Å². The second kappa shape index (κ2) is 7.01. The Morgan fingerprint density at radius 3 is 1.46 bits per heavy atom. The Bertz CT molecular complexity index is 742. The standard InChI is InChI=1S/C21H18O3/c1-21(23-18-13-7-3-8-14-18,24-19-15-9-4-10-16-19)20(22)17-11-5-2-6-12-17/h2-16H,1H3. The van der Waals surface area contributed by atoms with Gasteiger partial charge in [-0.1, -0.05) is 66.7 Å². The first-order valence-electron chi connectivity index (χ1n) is 7.75. The molecule has 0 aliphatic rings. The number of carbonyl (C=O) groups is 1. The smallest absolute Gasteiger partial charge is 0.312 e. The van der Waals surface area contributed by atoms with Gasteiger partial charge in [0.1, 0.15) is 11.5 Å². The average molecular weight is 318 g/mol. The van der Waals surface area contributed by atoms with Crippen molar-refractivity contribution in [1.29, 1.82) is 0 Å². The molecule has 3 aromatic rings. The van der Waals surface area contributed by atoms with Gasteiger partial charge in [-0.05, 0) is 24.3 Å². The Morgan fingerprint density at radius 1 is 0.667 bits per heavy atom. The monoisotopic (exact) mass is 318 g/mol. The Kier molecular flexibility index (Phi) is 4.62. The molecule has 0 saturated heterocycles. The van der Waals surface area contributed by atoms with Crippen molar-refractivity contribution >= 4 is 5.78 Å². The van der Waals surface area contributed by atoms with Gasteiger partial charge in [-0.15, -0.1) is 0 Å². The van der Waals surface area contributed by atoms with Crippen molar-refractivity contribution in [3.63, 3.8) is 0 Å². The molecule has 0 fully saturated rings. The molecule has 0 unspecified atom stereocenters. The zero-order valence-corrected chi connectivity index (χ0v) is 13.4. The summed E-state index contributed by atoms with van der Waals surface area (Å²) in [4.78, 5) is 13.0. The first-order valence-corrected chi connectivity index (χ1v) is 7.75. The molecule has 0 spiro atoms. The molecule has 3 rings (SSSR count). The number of hydrogen-bond acceptors (Lipinski definition) is 3. The summed E-state index contributed by atoms with van der Waals surface area (Å²) in [5.74, 6) is -0.569. The number of rotatable bonds is 6. The molecule has 0 amide bonds. The van der Waals surface area contributed by atoms with E-state index >= 15 is 0 Å². The lowest BCUT2D eigenvalue weighted by atomic mass is 10.0. The third-order valence-electron chi connectivity index (χ3n) is 3.56. The van der Waals surface area contributed by atoms with Gasteiger partial charge < -0.3 is 9.47 Å². The molecule has 0 saturated carbocycles. The van der Waals surface area contributed by atoms with Gasteiger partial charge in [0.05, 0.1) is 0 Å². The summed E-state index contributed by atoms with van der Waals surface area (Å²) in [6.07, 6.45) is 0. The summed E-state index contributed by atoms with van der Waals surface area (Å²) >= 11 is 0. The number of carbonyl (C=O) groups excluding carboxylic acids is 1. The SMILES string of the molecule is CC(Oc1ccccc1)(Oc1ccccc1)C(=O)c1ccccc1. The van der Waals surface area contributed by atoms with Crippen molar-refractivity contribution in [1.82, 2.24) is 0 Å². The van der Waals surface area contributed by atoms with E-state index in [0.717, 1.165) is 0 Å². The number of benzene rings is 3. The Morgan fingerprint density at radius 2 is 1.04 bits per heavy atom. The van der Waals surface area contributed by atoms with E-state index in [4.69, 9.17) is 9.47 Å². The fourth-order valence-corrected chi connectivity index (χ4v) is 2.39. The molecule has 0 bridgehead atoms. The molecule has 3 heteroatoms. The summed E-state index contributed by atoms with van der Waals surface area (Å²) in [5.41, 5.74) is 0.534. The average Bonchev–Trinajstić information content (AvgIpc) is 2.63. The third kappa shape index (κ3) is 3.63. The first-order chi connectivity index (χ1) is 11.7. The van der Waals surface area contributed by atoms with Crippen LogP contribution in [0.1, 0.15) is 17.3 Å². The van der Waals surface area contributed by atoms with Crippen LogP contribution in [0.25, 0.3) is 0 Å². The van der Waals surface area contributed by atoms with Gasteiger partial charge >= 0.3 is 5.79 Å². The van der Waals surface area contributed by atoms with Gasteiger partial charge in [0.25, 0.3) is 0 Å². The zero-order chi connectivity index (χ0) is 16.8. The van der Waals surface area contributed by atoms with Crippen LogP contribution in [-0.2, 0) is 0 Å². The number of Topliss-reactive ketones (excluding diaryl/α,β-unsaturated/α-hetero) is 1. The largest absolute Gasteiger partial charge is 0.446 e. The number of ketones is 1. The minimum atomic E-state index is -1.47. The molecule has 3 aromatic carbocycles. The fraction of sp³-hybridized carbons (Fsp3) is 0.0952. The third-order valence-corrected chi connectivity index (χ3v) is 3.56. The van der Waals surface area contributed by atoms with Crippen molar-refractivity contribution in [2.24, 2.45) is 0 Å². The maximum Gasteiger partial charge on any atom is 0.312 e. The highest BCUT2D eigenvalue weighted by Gasteiger charge is 2.39. The van der Waals surface area contributed by atoms with Crippen molar-refractivity contribution in [2.45, 2.75) is 12.7 Å². The Labute approximate surface area is 141 Å². The van der Waals surface area contributed by atoms with Crippen molar-refractivity contribution < 1.29 is 14.3 Å². The van der Waals surface area contributed by atoms with Crippen molar-refractivity contribution in [3.8, 4) is 11.5 Å². The van der Waals surface area contributed by atoms with E-state index in [9.17, 15) is 4.79 Å². The molecule has 3 nitrogen and oxygen atoms in total. The highest BCUT2D eigenvalue weighted by atomic mass is 16.7. The molecule has 0 atom stereocenters. The molecular formula is C21H18O3. The van der Waals surface area contributed by atoms with Gasteiger partial charge in [-0.2, -0.15) is 0 Å². The maximum absolute atomic E-state index is 13.0. The highest BCUT2D eigenvalue weighted by molar-refractivity contribution is 6.01. The number of hydrogen-bond donors (Lipinski definition) is 0. The predicted octanol–water partition coefficient (Wildman–Crippen LogP) is 4.74. The van der Waals surface area contributed by atoms with Crippen LogP contribution >= 0.6 is 0 Å². The summed E-state index contributed by atoms with van der Waals surface area (Å²) < 4.78 is 11.9. The van der Waals surface area contributed by atoms with Crippen LogP contribution in [0.4, 0.5) is 0 Å². The van der Waals surface area contributed by atoms with Gasteiger partial charge in [0.2, 0.25) is 5.78 Å². The van der Waals surface area contributed by atoms with Crippen molar-refractivity contribution in [2.75, 3.05) is 0 Å². The van der Waals surface area contributed by atoms with E-state index in [0.29, 0.717) is 17.1 Å². The van der Waals surface area contributed by atoms with Crippen LogP contribution in [0.3, 0.4) is 0 Å². The minimum Gasteiger partial charge on any atom is -0.446 e. The predicted molar refractivity (Wildman–Crippen MR) is 93.3 cm³/mol. The molecule has 120 valence electrons.